The number of carbonyl (C=O) groups excluding carboxylic acids is 1. The predicted molar refractivity (Wildman–Crippen MR) is 104 cm³/mol. The number of nitrogens with one attached hydrogen (secondary N) is 1. The molecule has 3 rings (SSSR count). The van der Waals surface area contributed by atoms with Crippen molar-refractivity contribution in [1.29, 1.82) is 0 Å². The Morgan fingerprint density at radius 1 is 1.26 bits per heavy atom. The first kappa shape index (κ1) is 20.3. The highest BCUT2D eigenvalue weighted by Gasteiger charge is 2.28. The molecule has 1 atom stereocenters. The molecule has 1 unspecified atom stereocenters. The second kappa shape index (κ2) is 9.14. The van der Waals surface area contributed by atoms with E-state index >= 15 is 0 Å². The number of ether oxygens (including phenoxy) is 1. The molecule has 27 heavy (non-hydrogen) atoms. The van der Waals surface area contributed by atoms with Gasteiger partial charge in [0.2, 0.25) is 15.9 Å². The van der Waals surface area contributed by atoms with E-state index in [0.29, 0.717) is 31.6 Å². The maximum absolute atomic E-state index is 12.9. The number of sulfonamides is 1. The largest absolute Gasteiger partial charge is 0.378 e. The highest BCUT2D eigenvalue weighted by atomic mass is 32.2. The van der Waals surface area contributed by atoms with E-state index in [-0.39, 0.29) is 16.9 Å². The fourth-order valence-electron chi connectivity index (χ4n) is 3.56. The molecule has 0 bridgehead atoms. The topological polar surface area (TPSA) is 79.0 Å². The Bertz CT molecular complexity index is 739. The Kier molecular flexibility index (Phi) is 6.86. The van der Waals surface area contributed by atoms with Crippen molar-refractivity contribution in [2.45, 2.75) is 43.6 Å². The van der Waals surface area contributed by atoms with Crippen LogP contribution in [0.3, 0.4) is 0 Å². The van der Waals surface area contributed by atoms with E-state index in [4.69, 9.17) is 4.74 Å². The zero-order valence-corrected chi connectivity index (χ0v) is 16.7. The molecule has 2 saturated heterocycles. The van der Waals surface area contributed by atoms with Crippen LogP contribution in [0.15, 0.2) is 29.2 Å². The molecule has 1 aromatic rings. The molecule has 8 heteroatoms. The molecular weight excluding hydrogens is 366 g/mol. The molecule has 0 saturated carbocycles. The van der Waals surface area contributed by atoms with Crippen molar-refractivity contribution in [2.75, 3.05) is 44.6 Å². The fourth-order valence-corrected chi connectivity index (χ4v) is 5.03. The Balaban J connectivity index is 1.59. The van der Waals surface area contributed by atoms with Crippen LogP contribution < -0.4 is 5.32 Å². The minimum Gasteiger partial charge on any atom is -0.378 e. The van der Waals surface area contributed by atoms with Crippen molar-refractivity contribution in [3.8, 4) is 0 Å². The number of hydrogen-bond donors (Lipinski definition) is 1. The Hall–Kier alpha value is -1.48. The zero-order chi connectivity index (χ0) is 19.3. The van der Waals surface area contributed by atoms with Crippen molar-refractivity contribution in [3.05, 3.63) is 24.3 Å². The van der Waals surface area contributed by atoms with Crippen LogP contribution in [0.1, 0.15) is 32.6 Å². The average molecular weight is 396 g/mol. The third kappa shape index (κ3) is 5.28. The van der Waals surface area contributed by atoms with Gasteiger partial charge in [-0.2, -0.15) is 4.31 Å². The van der Waals surface area contributed by atoms with Gasteiger partial charge >= 0.3 is 0 Å². The Morgan fingerprint density at radius 3 is 2.70 bits per heavy atom. The third-order valence-electron chi connectivity index (χ3n) is 5.25. The summed E-state index contributed by atoms with van der Waals surface area (Å²) >= 11 is 0. The summed E-state index contributed by atoms with van der Waals surface area (Å²) in [7, 11) is -3.54. The van der Waals surface area contributed by atoms with Gasteiger partial charge in [-0.1, -0.05) is 13.0 Å². The summed E-state index contributed by atoms with van der Waals surface area (Å²) < 4.78 is 32.9. The van der Waals surface area contributed by atoms with E-state index in [0.717, 1.165) is 39.1 Å². The number of carbonyl (C=O) groups is 1. The molecule has 2 heterocycles. The molecule has 1 aromatic carbocycles. The number of nitrogens with zero attached hydrogens (tertiary/aromatic N) is 2. The second-order valence-electron chi connectivity index (χ2n) is 7.09. The summed E-state index contributed by atoms with van der Waals surface area (Å²) in [6.07, 6.45) is 3.31. The minimum absolute atomic E-state index is 0.114. The summed E-state index contributed by atoms with van der Waals surface area (Å²) in [5.41, 5.74) is 0.514. The molecule has 1 amide bonds. The van der Waals surface area contributed by atoms with Gasteiger partial charge in [0, 0.05) is 44.9 Å². The minimum atomic E-state index is -3.54. The van der Waals surface area contributed by atoms with Crippen molar-refractivity contribution < 1.29 is 17.9 Å². The van der Waals surface area contributed by atoms with Crippen molar-refractivity contribution in [3.63, 3.8) is 0 Å². The first-order chi connectivity index (χ1) is 13.0. The number of anilines is 1. The van der Waals surface area contributed by atoms with E-state index in [2.05, 4.69) is 17.1 Å². The lowest BCUT2D eigenvalue weighted by molar-refractivity contribution is -0.116. The van der Waals surface area contributed by atoms with E-state index in [1.807, 2.05) is 0 Å². The maximum Gasteiger partial charge on any atom is 0.243 e. The SMILES string of the molecule is CCN1CCN(S(=O)(=O)c2cccc(NC(=O)CCC3CCCO3)c2)CC1. The third-order valence-corrected chi connectivity index (χ3v) is 7.15. The van der Waals surface area contributed by atoms with Gasteiger partial charge in [0.25, 0.3) is 0 Å². The molecule has 1 N–H and O–H groups in total. The van der Waals surface area contributed by atoms with Crippen LogP contribution in [-0.2, 0) is 19.6 Å². The summed E-state index contributed by atoms with van der Waals surface area (Å²) in [6.45, 7) is 6.27. The monoisotopic (exact) mass is 395 g/mol. The number of piperazine rings is 1. The standard InChI is InChI=1S/C19H29N3O4S/c1-2-21-10-12-22(13-11-21)27(24,25)18-7-3-5-16(15-18)20-19(23)9-8-17-6-4-14-26-17/h3,5,7,15,17H,2,4,6,8-14H2,1H3,(H,20,23). The molecule has 2 fully saturated rings. The van der Waals surface area contributed by atoms with Gasteiger partial charge in [0.05, 0.1) is 11.0 Å². The number of likely N-dealkylation sites (N-methyl/N-ethyl adjacent to an activating group) is 1. The van der Waals surface area contributed by atoms with Crippen molar-refractivity contribution in [1.82, 2.24) is 9.21 Å². The maximum atomic E-state index is 12.9. The molecule has 0 aliphatic carbocycles. The quantitative estimate of drug-likeness (QED) is 0.763. The lowest BCUT2D eigenvalue weighted by Gasteiger charge is -2.33. The molecule has 7 nitrogen and oxygen atoms in total. The van der Waals surface area contributed by atoms with Crippen molar-refractivity contribution >= 4 is 21.6 Å². The smallest absolute Gasteiger partial charge is 0.243 e. The summed E-state index contributed by atoms with van der Waals surface area (Å²) in [5.74, 6) is -0.114. The Morgan fingerprint density at radius 2 is 2.04 bits per heavy atom. The van der Waals surface area contributed by atoms with Crippen LogP contribution in [0.4, 0.5) is 5.69 Å². The average Bonchev–Trinajstić information content (AvgIpc) is 3.20. The predicted octanol–water partition coefficient (Wildman–Crippen LogP) is 1.91. The molecule has 0 radical (unpaired) electrons. The van der Waals surface area contributed by atoms with Gasteiger partial charge in [0.1, 0.15) is 0 Å². The van der Waals surface area contributed by atoms with E-state index < -0.39 is 10.0 Å². The number of amides is 1. The lowest BCUT2D eigenvalue weighted by Crippen LogP contribution is -2.48. The summed E-state index contributed by atoms with van der Waals surface area (Å²) in [4.78, 5) is 14.6. The van der Waals surface area contributed by atoms with Crippen LogP contribution >= 0.6 is 0 Å². The summed E-state index contributed by atoms with van der Waals surface area (Å²) in [6, 6.07) is 6.53. The van der Waals surface area contributed by atoms with Gasteiger partial charge < -0.3 is 15.0 Å². The van der Waals surface area contributed by atoms with Crippen LogP contribution in [0.25, 0.3) is 0 Å². The van der Waals surface area contributed by atoms with Gasteiger partial charge in [-0.25, -0.2) is 8.42 Å². The Labute approximate surface area is 161 Å². The second-order valence-corrected chi connectivity index (χ2v) is 9.03. The van der Waals surface area contributed by atoms with Crippen LogP contribution in [0.2, 0.25) is 0 Å². The fraction of sp³-hybridized carbons (Fsp3) is 0.632. The highest BCUT2D eigenvalue weighted by Crippen LogP contribution is 2.22. The zero-order valence-electron chi connectivity index (χ0n) is 15.9. The normalized spacial score (nSPS) is 22.0. The number of benzene rings is 1. The molecule has 150 valence electrons. The van der Waals surface area contributed by atoms with Crippen molar-refractivity contribution in [2.24, 2.45) is 0 Å². The summed E-state index contributed by atoms with van der Waals surface area (Å²) in [5, 5.41) is 2.81. The number of hydrogen-bond acceptors (Lipinski definition) is 5. The van der Waals surface area contributed by atoms with Gasteiger partial charge in [-0.15, -0.1) is 0 Å². The molecule has 2 aliphatic heterocycles. The number of rotatable bonds is 7. The van der Waals surface area contributed by atoms with E-state index in [9.17, 15) is 13.2 Å². The molecule has 0 aromatic heterocycles. The van der Waals surface area contributed by atoms with Gasteiger partial charge in [0.15, 0.2) is 0 Å². The van der Waals surface area contributed by atoms with E-state index in [1.165, 1.54) is 4.31 Å². The first-order valence-electron chi connectivity index (χ1n) is 9.73. The van der Waals surface area contributed by atoms with Crippen LogP contribution in [0.5, 0.6) is 0 Å². The van der Waals surface area contributed by atoms with Gasteiger partial charge in [-0.05, 0) is 44.0 Å². The van der Waals surface area contributed by atoms with Gasteiger partial charge in [-0.3, -0.25) is 4.79 Å². The van der Waals surface area contributed by atoms with E-state index in [1.54, 1.807) is 24.3 Å². The first-order valence-corrected chi connectivity index (χ1v) is 11.2. The molecule has 0 spiro atoms. The van der Waals surface area contributed by atoms with Crippen LogP contribution in [-0.4, -0.2) is 69.0 Å². The highest BCUT2D eigenvalue weighted by molar-refractivity contribution is 7.89. The molecule has 2 aliphatic rings. The van der Waals surface area contributed by atoms with Crippen LogP contribution in [0, 0.1) is 0 Å². The lowest BCUT2D eigenvalue weighted by atomic mass is 10.1. The molecular formula is C19H29N3O4S.